The first-order chi connectivity index (χ1) is 10.2. The molecule has 0 aliphatic heterocycles. The third kappa shape index (κ3) is 3.36. The van der Waals surface area contributed by atoms with E-state index < -0.39 is 0 Å². The number of hydrogen-bond donors (Lipinski definition) is 2. The third-order valence-electron chi connectivity index (χ3n) is 5.06. The summed E-state index contributed by atoms with van der Waals surface area (Å²) in [5.41, 5.74) is 6.84. The van der Waals surface area contributed by atoms with Gasteiger partial charge in [0.05, 0.1) is 6.20 Å². The Morgan fingerprint density at radius 1 is 1.30 bits per heavy atom. The number of carbonyl (C=O) groups is 1. The van der Waals surface area contributed by atoms with Gasteiger partial charge in [0.1, 0.15) is 16.9 Å². The molecule has 2 saturated carbocycles. The first-order valence-corrected chi connectivity index (χ1v) is 8.56. The number of fused-ring (bicyclic) bond motifs is 3. The number of nitrogens with zero attached hydrogens (tertiary/aromatic N) is 2. The number of hydrogen-bond acceptors (Lipinski definition) is 4. The molecule has 2 atom stereocenters. The molecule has 2 bridgehead atoms. The predicted octanol–water partition coefficient (Wildman–Crippen LogP) is 2.88. The van der Waals surface area contributed by atoms with Gasteiger partial charge in [-0.2, -0.15) is 0 Å². The zero-order valence-corrected chi connectivity index (χ0v) is 15.1. The second kappa shape index (κ2) is 7.38. The number of nitrogens with one attached hydrogen (secondary N) is 1. The maximum atomic E-state index is 12.6. The Morgan fingerprint density at radius 2 is 2.00 bits per heavy atom. The van der Waals surface area contributed by atoms with Gasteiger partial charge in [-0.1, -0.05) is 6.42 Å². The summed E-state index contributed by atoms with van der Waals surface area (Å²) in [5.74, 6) is 1.12. The summed E-state index contributed by atoms with van der Waals surface area (Å²) in [6.45, 7) is 0. The lowest BCUT2D eigenvalue weighted by molar-refractivity contribution is 0.0751. The standard InChI is InChI=1S/C15H20N4OS.2ClH/c16-11-4-9-2-1-3-10(5-11)14(9)18-15(20)12-7-21-13-6-17-8-19(12)13;;/h6-11,14H,1-5,16H2,(H,18,20);2*1H. The molecule has 2 aromatic heterocycles. The van der Waals surface area contributed by atoms with Crippen LogP contribution in [0.15, 0.2) is 17.9 Å². The van der Waals surface area contributed by atoms with E-state index in [1.165, 1.54) is 19.3 Å². The highest BCUT2D eigenvalue weighted by Crippen LogP contribution is 2.39. The van der Waals surface area contributed by atoms with Crippen molar-refractivity contribution in [3.63, 3.8) is 0 Å². The molecule has 3 N–H and O–H groups in total. The molecule has 23 heavy (non-hydrogen) atoms. The zero-order valence-electron chi connectivity index (χ0n) is 12.7. The van der Waals surface area contributed by atoms with Gasteiger partial charge in [-0.3, -0.25) is 9.20 Å². The minimum absolute atomic E-state index is 0. The summed E-state index contributed by atoms with van der Waals surface area (Å²) in [6, 6.07) is 0.611. The third-order valence-corrected chi connectivity index (χ3v) is 5.95. The highest BCUT2D eigenvalue weighted by molar-refractivity contribution is 7.15. The Kier molecular flexibility index (Phi) is 5.94. The molecule has 1 amide bonds. The summed E-state index contributed by atoms with van der Waals surface area (Å²) in [5, 5.41) is 5.20. The van der Waals surface area contributed by atoms with E-state index in [0.29, 0.717) is 29.6 Å². The number of nitrogens with two attached hydrogens (primary N) is 1. The Hall–Kier alpha value is -0.820. The zero-order chi connectivity index (χ0) is 14.4. The molecule has 4 rings (SSSR count). The van der Waals surface area contributed by atoms with Crippen LogP contribution in [0.1, 0.15) is 42.6 Å². The topological polar surface area (TPSA) is 72.4 Å². The lowest BCUT2D eigenvalue weighted by atomic mass is 9.67. The molecule has 2 aromatic rings. The maximum absolute atomic E-state index is 12.6. The van der Waals surface area contributed by atoms with Crippen molar-refractivity contribution in [2.45, 2.75) is 44.2 Å². The van der Waals surface area contributed by atoms with E-state index in [4.69, 9.17) is 5.73 Å². The molecule has 0 aromatic carbocycles. The van der Waals surface area contributed by atoms with Crippen LogP contribution in [-0.2, 0) is 0 Å². The minimum atomic E-state index is 0. The molecule has 128 valence electrons. The van der Waals surface area contributed by atoms with E-state index in [9.17, 15) is 4.79 Å². The highest BCUT2D eigenvalue weighted by atomic mass is 35.5. The predicted molar refractivity (Wildman–Crippen MR) is 96.9 cm³/mol. The molecule has 2 aliphatic carbocycles. The van der Waals surface area contributed by atoms with Crippen LogP contribution in [0.5, 0.6) is 0 Å². The minimum Gasteiger partial charge on any atom is -0.347 e. The molecule has 0 saturated heterocycles. The van der Waals surface area contributed by atoms with Crippen LogP contribution in [0.25, 0.3) is 4.83 Å². The fourth-order valence-corrected chi connectivity index (χ4v) is 4.97. The average molecular weight is 377 g/mol. The van der Waals surface area contributed by atoms with Gasteiger partial charge >= 0.3 is 0 Å². The Balaban J connectivity index is 0.000000960. The average Bonchev–Trinajstić information content (AvgIpc) is 3.01. The summed E-state index contributed by atoms with van der Waals surface area (Å²) in [4.78, 5) is 17.7. The Bertz CT molecular complexity index is 659. The summed E-state index contributed by atoms with van der Waals surface area (Å²) < 4.78 is 1.87. The summed E-state index contributed by atoms with van der Waals surface area (Å²) >= 11 is 1.55. The highest BCUT2D eigenvalue weighted by Gasteiger charge is 2.40. The SMILES string of the molecule is Cl.Cl.NC1CC2CCCC(C1)C2NC(=O)c1csc2cncn12. The van der Waals surface area contributed by atoms with Crippen molar-refractivity contribution >= 4 is 46.9 Å². The lowest BCUT2D eigenvalue weighted by Crippen LogP contribution is -2.53. The fraction of sp³-hybridized carbons (Fsp3) is 0.600. The number of rotatable bonds is 2. The van der Waals surface area contributed by atoms with Gasteiger partial charge in [-0.05, 0) is 37.5 Å². The number of thiazole rings is 1. The molecule has 5 nitrogen and oxygen atoms in total. The van der Waals surface area contributed by atoms with E-state index >= 15 is 0 Å². The largest absolute Gasteiger partial charge is 0.347 e. The first kappa shape index (κ1) is 18.5. The molecule has 8 heteroatoms. The molecule has 2 aliphatic rings. The summed E-state index contributed by atoms with van der Waals surface area (Å²) in [7, 11) is 0. The number of imidazole rings is 1. The number of amides is 1. The second-order valence-corrected chi connectivity index (χ2v) is 7.29. The van der Waals surface area contributed by atoms with Crippen molar-refractivity contribution in [1.29, 1.82) is 0 Å². The van der Waals surface area contributed by atoms with Gasteiger partial charge in [0.2, 0.25) is 0 Å². The Labute approximate surface area is 151 Å². The van der Waals surface area contributed by atoms with Gasteiger partial charge in [-0.15, -0.1) is 36.2 Å². The van der Waals surface area contributed by atoms with Crippen LogP contribution in [0.2, 0.25) is 0 Å². The van der Waals surface area contributed by atoms with Gasteiger partial charge in [0.15, 0.2) is 0 Å². The molecular weight excluding hydrogens is 355 g/mol. The van der Waals surface area contributed by atoms with Gasteiger partial charge in [0, 0.05) is 17.5 Å². The number of halogens is 2. The summed E-state index contributed by atoms with van der Waals surface area (Å²) in [6.07, 6.45) is 9.25. The van der Waals surface area contributed by atoms with E-state index in [1.54, 1.807) is 23.9 Å². The van der Waals surface area contributed by atoms with Crippen LogP contribution >= 0.6 is 36.2 Å². The Morgan fingerprint density at radius 3 is 2.70 bits per heavy atom. The number of carbonyl (C=O) groups excluding carboxylic acids is 1. The van der Waals surface area contributed by atoms with Crippen molar-refractivity contribution in [2.24, 2.45) is 17.6 Å². The van der Waals surface area contributed by atoms with Gasteiger partial charge < -0.3 is 11.1 Å². The van der Waals surface area contributed by atoms with Crippen molar-refractivity contribution in [2.75, 3.05) is 0 Å². The van der Waals surface area contributed by atoms with Crippen molar-refractivity contribution in [3.05, 3.63) is 23.6 Å². The van der Waals surface area contributed by atoms with Crippen molar-refractivity contribution < 1.29 is 4.79 Å². The van der Waals surface area contributed by atoms with Crippen LogP contribution in [0.4, 0.5) is 0 Å². The molecular formula is C15H22Cl2N4OS. The monoisotopic (exact) mass is 376 g/mol. The molecule has 2 heterocycles. The molecule has 2 unspecified atom stereocenters. The fourth-order valence-electron chi connectivity index (χ4n) is 4.14. The van der Waals surface area contributed by atoms with Crippen LogP contribution in [0.3, 0.4) is 0 Å². The molecule has 2 fully saturated rings. The van der Waals surface area contributed by atoms with Crippen molar-refractivity contribution in [3.8, 4) is 0 Å². The van der Waals surface area contributed by atoms with E-state index in [0.717, 1.165) is 17.7 Å². The van der Waals surface area contributed by atoms with E-state index in [-0.39, 0.29) is 30.7 Å². The lowest BCUT2D eigenvalue weighted by Gasteiger charge is -2.45. The molecule has 0 radical (unpaired) electrons. The number of aromatic nitrogens is 2. The van der Waals surface area contributed by atoms with Crippen LogP contribution < -0.4 is 11.1 Å². The maximum Gasteiger partial charge on any atom is 0.269 e. The van der Waals surface area contributed by atoms with Gasteiger partial charge in [-0.25, -0.2) is 4.98 Å². The van der Waals surface area contributed by atoms with E-state index in [2.05, 4.69) is 10.3 Å². The van der Waals surface area contributed by atoms with E-state index in [1.807, 2.05) is 9.78 Å². The van der Waals surface area contributed by atoms with Crippen LogP contribution in [0, 0.1) is 11.8 Å². The normalized spacial score (nSPS) is 29.4. The van der Waals surface area contributed by atoms with Crippen molar-refractivity contribution in [1.82, 2.24) is 14.7 Å². The quantitative estimate of drug-likeness (QED) is 0.845. The van der Waals surface area contributed by atoms with Crippen LogP contribution in [-0.4, -0.2) is 27.4 Å². The second-order valence-electron chi connectivity index (χ2n) is 6.40. The first-order valence-electron chi connectivity index (χ1n) is 7.68. The van der Waals surface area contributed by atoms with Gasteiger partial charge in [0.25, 0.3) is 5.91 Å². The smallest absolute Gasteiger partial charge is 0.269 e. The molecule has 0 spiro atoms.